The average molecular weight is 213 g/mol. The van der Waals surface area contributed by atoms with Gasteiger partial charge in [0.15, 0.2) is 0 Å². The molecule has 1 aliphatic rings. The summed E-state index contributed by atoms with van der Waals surface area (Å²) >= 11 is 0. The molecule has 0 heterocycles. The molecule has 5 heteroatoms. The molecule has 0 spiro atoms. The Labute approximate surface area is 89.6 Å². The molecule has 15 heavy (non-hydrogen) atoms. The van der Waals surface area contributed by atoms with Gasteiger partial charge in [-0.3, -0.25) is 9.59 Å². The minimum absolute atomic E-state index is 0.0888. The molecule has 1 rings (SSSR count). The maximum absolute atomic E-state index is 11.3. The smallest absolute Gasteiger partial charge is 0.237 e. The van der Waals surface area contributed by atoms with Crippen LogP contribution in [0.2, 0.25) is 0 Å². The van der Waals surface area contributed by atoms with E-state index in [0.29, 0.717) is 6.54 Å². The van der Waals surface area contributed by atoms with Crippen LogP contribution in [0, 0.1) is 5.92 Å². The summed E-state index contributed by atoms with van der Waals surface area (Å²) in [4.78, 5) is 21.8. The van der Waals surface area contributed by atoms with Gasteiger partial charge in [-0.1, -0.05) is 12.8 Å². The van der Waals surface area contributed by atoms with E-state index in [-0.39, 0.29) is 12.3 Å². The van der Waals surface area contributed by atoms with Crippen LogP contribution in [0.5, 0.6) is 0 Å². The van der Waals surface area contributed by atoms with E-state index in [1.54, 1.807) is 0 Å². The lowest BCUT2D eigenvalue weighted by Crippen LogP contribution is -2.43. The third-order valence-electron chi connectivity index (χ3n) is 2.54. The molecule has 1 atom stereocenters. The largest absolute Gasteiger partial charge is 0.370 e. The molecule has 86 valence electrons. The second-order valence-electron chi connectivity index (χ2n) is 4.15. The molecule has 5 N–H and O–H groups in total. The highest BCUT2D eigenvalue weighted by Crippen LogP contribution is 2.33. The molecule has 1 unspecified atom stereocenters. The molecule has 0 bridgehead atoms. The Morgan fingerprint density at radius 3 is 2.60 bits per heavy atom. The monoisotopic (exact) mass is 213 g/mol. The number of hydrogen-bond donors (Lipinski definition) is 3. The highest BCUT2D eigenvalue weighted by atomic mass is 16.2. The number of carbonyl (C=O) groups excluding carboxylic acids is 2. The predicted molar refractivity (Wildman–Crippen MR) is 56.8 cm³/mol. The van der Waals surface area contributed by atoms with E-state index >= 15 is 0 Å². The van der Waals surface area contributed by atoms with Crippen molar-refractivity contribution in [2.45, 2.75) is 38.1 Å². The summed E-state index contributed by atoms with van der Waals surface area (Å²) in [7, 11) is 0. The zero-order valence-electron chi connectivity index (χ0n) is 8.87. The first kappa shape index (κ1) is 12.0. The molecule has 2 amide bonds. The summed E-state index contributed by atoms with van der Waals surface area (Å²) in [5.41, 5.74) is 10.4. The molecule has 0 aromatic carbocycles. The van der Waals surface area contributed by atoms with Gasteiger partial charge in [-0.15, -0.1) is 0 Å². The summed E-state index contributed by atoms with van der Waals surface area (Å²) < 4.78 is 0. The van der Waals surface area contributed by atoms with Gasteiger partial charge in [0.1, 0.15) is 0 Å². The van der Waals surface area contributed by atoms with Crippen molar-refractivity contribution in [3.8, 4) is 0 Å². The molecular weight excluding hydrogens is 194 g/mol. The third-order valence-corrected chi connectivity index (χ3v) is 2.54. The maximum atomic E-state index is 11.3. The summed E-state index contributed by atoms with van der Waals surface area (Å²) in [6.07, 6.45) is 4.73. The lowest BCUT2D eigenvalue weighted by Gasteiger charge is -2.10. The van der Waals surface area contributed by atoms with Gasteiger partial charge in [0, 0.05) is 6.54 Å². The van der Waals surface area contributed by atoms with Crippen molar-refractivity contribution in [3.63, 3.8) is 0 Å². The number of rotatable bonds is 7. The molecular formula is C10H19N3O2. The van der Waals surface area contributed by atoms with Crippen LogP contribution in [0.1, 0.15) is 32.1 Å². The van der Waals surface area contributed by atoms with Crippen LogP contribution in [0.15, 0.2) is 0 Å². The van der Waals surface area contributed by atoms with Crippen molar-refractivity contribution in [2.75, 3.05) is 6.54 Å². The van der Waals surface area contributed by atoms with Crippen LogP contribution in [0.3, 0.4) is 0 Å². The lowest BCUT2D eigenvalue weighted by atomic mass is 10.2. The Balaban J connectivity index is 2.02. The summed E-state index contributed by atoms with van der Waals surface area (Å²) in [6.45, 7) is 0.641. The Morgan fingerprint density at radius 2 is 2.07 bits per heavy atom. The molecule has 0 radical (unpaired) electrons. The van der Waals surface area contributed by atoms with Crippen molar-refractivity contribution in [1.29, 1.82) is 0 Å². The fourth-order valence-corrected chi connectivity index (χ4v) is 1.45. The number of hydrogen-bond acceptors (Lipinski definition) is 3. The van der Waals surface area contributed by atoms with Crippen molar-refractivity contribution in [2.24, 2.45) is 17.4 Å². The number of nitrogens with two attached hydrogens (primary N) is 2. The zero-order valence-corrected chi connectivity index (χ0v) is 8.87. The average Bonchev–Trinajstić information content (AvgIpc) is 2.94. The van der Waals surface area contributed by atoms with Gasteiger partial charge in [-0.25, -0.2) is 0 Å². The molecule has 1 saturated carbocycles. The first-order valence-corrected chi connectivity index (χ1v) is 5.41. The zero-order chi connectivity index (χ0) is 11.3. The molecule has 0 saturated heterocycles. The molecule has 0 aromatic rings. The maximum Gasteiger partial charge on any atom is 0.237 e. The summed E-state index contributed by atoms with van der Waals surface area (Å²) in [6, 6.07) is -0.802. The van der Waals surface area contributed by atoms with Crippen molar-refractivity contribution >= 4 is 11.8 Å². The fourth-order valence-electron chi connectivity index (χ4n) is 1.45. The first-order valence-electron chi connectivity index (χ1n) is 5.41. The lowest BCUT2D eigenvalue weighted by molar-refractivity contribution is -0.126. The van der Waals surface area contributed by atoms with Gasteiger partial charge in [0.2, 0.25) is 11.8 Å². The second-order valence-corrected chi connectivity index (χ2v) is 4.15. The Bertz CT molecular complexity index is 239. The van der Waals surface area contributed by atoms with E-state index in [1.807, 2.05) is 0 Å². The van der Waals surface area contributed by atoms with Crippen LogP contribution in [-0.4, -0.2) is 24.4 Å². The van der Waals surface area contributed by atoms with Gasteiger partial charge in [0.25, 0.3) is 0 Å². The minimum Gasteiger partial charge on any atom is -0.370 e. The minimum atomic E-state index is -0.802. The van der Waals surface area contributed by atoms with Gasteiger partial charge in [0.05, 0.1) is 12.5 Å². The van der Waals surface area contributed by atoms with Crippen LogP contribution in [-0.2, 0) is 9.59 Å². The van der Waals surface area contributed by atoms with E-state index in [0.717, 1.165) is 12.3 Å². The SMILES string of the molecule is NC(=O)CC(N)C(=O)NCCCC1CC1. The Kier molecular flexibility index (Phi) is 4.55. The number of amides is 2. The molecule has 0 aromatic heterocycles. The molecule has 1 aliphatic carbocycles. The summed E-state index contributed by atoms with van der Waals surface area (Å²) in [5.74, 6) is 0.0430. The van der Waals surface area contributed by atoms with Crippen LogP contribution < -0.4 is 16.8 Å². The van der Waals surface area contributed by atoms with Crippen molar-refractivity contribution < 1.29 is 9.59 Å². The second kappa shape index (κ2) is 5.70. The Hall–Kier alpha value is -1.10. The highest BCUT2D eigenvalue weighted by Gasteiger charge is 2.20. The van der Waals surface area contributed by atoms with Gasteiger partial charge < -0.3 is 16.8 Å². The van der Waals surface area contributed by atoms with E-state index in [9.17, 15) is 9.59 Å². The Morgan fingerprint density at radius 1 is 1.40 bits per heavy atom. The van der Waals surface area contributed by atoms with E-state index in [4.69, 9.17) is 11.5 Å². The predicted octanol–water partition coefficient (Wildman–Crippen LogP) is -0.505. The van der Waals surface area contributed by atoms with E-state index in [1.165, 1.54) is 19.3 Å². The van der Waals surface area contributed by atoms with Gasteiger partial charge >= 0.3 is 0 Å². The van der Waals surface area contributed by atoms with Crippen molar-refractivity contribution in [3.05, 3.63) is 0 Å². The van der Waals surface area contributed by atoms with Gasteiger partial charge in [-0.05, 0) is 18.8 Å². The number of nitrogens with one attached hydrogen (secondary N) is 1. The highest BCUT2D eigenvalue weighted by molar-refractivity contribution is 5.87. The number of primary amides is 1. The standard InChI is InChI=1S/C10H19N3O2/c11-8(6-9(12)14)10(15)13-5-1-2-7-3-4-7/h7-8H,1-6,11H2,(H2,12,14)(H,13,15). The fraction of sp³-hybridized carbons (Fsp3) is 0.800. The molecule has 0 aliphatic heterocycles. The van der Waals surface area contributed by atoms with Crippen LogP contribution in [0.4, 0.5) is 0 Å². The summed E-state index contributed by atoms with van der Waals surface area (Å²) in [5, 5.41) is 2.70. The van der Waals surface area contributed by atoms with E-state index < -0.39 is 11.9 Å². The quantitative estimate of drug-likeness (QED) is 0.497. The molecule has 1 fully saturated rings. The van der Waals surface area contributed by atoms with Crippen molar-refractivity contribution in [1.82, 2.24) is 5.32 Å². The topological polar surface area (TPSA) is 98.2 Å². The van der Waals surface area contributed by atoms with Gasteiger partial charge in [-0.2, -0.15) is 0 Å². The normalized spacial score (nSPS) is 17.1. The van der Waals surface area contributed by atoms with Crippen LogP contribution in [0.25, 0.3) is 0 Å². The van der Waals surface area contributed by atoms with E-state index in [2.05, 4.69) is 5.32 Å². The third kappa shape index (κ3) is 5.37. The number of carbonyl (C=O) groups is 2. The first-order chi connectivity index (χ1) is 7.09. The van der Waals surface area contributed by atoms with Crippen LogP contribution >= 0.6 is 0 Å². The molecule has 5 nitrogen and oxygen atoms in total.